The third kappa shape index (κ3) is 4.56. The Morgan fingerprint density at radius 3 is 2.45 bits per heavy atom. The van der Waals surface area contributed by atoms with E-state index in [2.05, 4.69) is 9.80 Å². The number of sulfone groups is 1. The molecule has 2 aromatic carbocycles. The Labute approximate surface area is 195 Å². The summed E-state index contributed by atoms with van der Waals surface area (Å²) >= 11 is 0. The van der Waals surface area contributed by atoms with E-state index in [9.17, 15) is 18.6 Å². The van der Waals surface area contributed by atoms with Gasteiger partial charge in [-0.05, 0) is 82.1 Å². The summed E-state index contributed by atoms with van der Waals surface area (Å²) in [5.74, 6) is 0.690. The van der Waals surface area contributed by atoms with Gasteiger partial charge in [0.1, 0.15) is 23.4 Å². The molecule has 3 unspecified atom stereocenters. The second-order valence-electron chi connectivity index (χ2n) is 9.63. The van der Waals surface area contributed by atoms with E-state index in [1.54, 1.807) is 30.3 Å². The molecule has 0 saturated carbocycles. The largest absolute Gasteiger partial charge is 0.508 e. The van der Waals surface area contributed by atoms with Crippen LogP contribution in [0, 0.1) is 0 Å². The SMILES string of the molecule is CS(=O)(=O)c1ccc(OC2c3cc(O)cc(O)c3CC2N2CCCC2CN2CCCC2)cc1. The number of likely N-dealkylation sites (tertiary alicyclic amines) is 2. The topological polar surface area (TPSA) is 90.3 Å². The molecule has 2 saturated heterocycles. The maximum Gasteiger partial charge on any atom is 0.175 e. The molecule has 0 bridgehead atoms. The predicted octanol–water partition coefficient (Wildman–Crippen LogP) is 3.11. The molecular formula is C25H32N2O5S. The van der Waals surface area contributed by atoms with Gasteiger partial charge in [0.05, 0.1) is 10.9 Å². The molecule has 2 fully saturated rings. The lowest BCUT2D eigenvalue weighted by atomic mass is 10.1. The van der Waals surface area contributed by atoms with Crippen molar-refractivity contribution in [1.29, 1.82) is 0 Å². The number of benzene rings is 2. The molecule has 2 N–H and O–H groups in total. The minimum atomic E-state index is -3.28. The number of phenols is 2. The van der Waals surface area contributed by atoms with Crippen LogP contribution in [0.2, 0.25) is 0 Å². The molecule has 0 radical (unpaired) electrons. The third-order valence-corrected chi connectivity index (χ3v) is 8.47. The number of rotatable bonds is 6. The van der Waals surface area contributed by atoms with Crippen molar-refractivity contribution in [2.75, 3.05) is 32.4 Å². The van der Waals surface area contributed by atoms with Gasteiger partial charge < -0.3 is 19.8 Å². The Morgan fingerprint density at radius 2 is 1.76 bits per heavy atom. The highest BCUT2D eigenvalue weighted by Gasteiger charge is 2.44. The fraction of sp³-hybridized carbons (Fsp3) is 0.520. The number of phenolic OH excluding ortho intramolecular Hbond substituents is 2. The van der Waals surface area contributed by atoms with E-state index in [1.165, 1.54) is 25.2 Å². The molecule has 0 aromatic heterocycles. The number of hydrogen-bond acceptors (Lipinski definition) is 7. The van der Waals surface area contributed by atoms with Crippen molar-refractivity contribution >= 4 is 9.84 Å². The van der Waals surface area contributed by atoms with E-state index < -0.39 is 9.84 Å². The third-order valence-electron chi connectivity index (χ3n) is 7.35. The minimum Gasteiger partial charge on any atom is -0.508 e. The van der Waals surface area contributed by atoms with Crippen LogP contribution in [0.15, 0.2) is 41.3 Å². The molecule has 0 amide bonds. The first kappa shape index (κ1) is 22.5. The van der Waals surface area contributed by atoms with Crippen LogP contribution in [0.3, 0.4) is 0 Å². The Bertz CT molecular complexity index is 1110. The summed E-state index contributed by atoms with van der Waals surface area (Å²) in [6, 6.07) is 10.0. The lowest BCUT2D eigenvalue weighted by Crippen LogP contribution is -2.47. The van der Waals surface area contributed by atoms with Gasteiger partial charge in [0.2, 0.25) is 0 Å². The van der Waals surface area contributed by atoms with Gasteiger partial charge in [-0.15, -0.1) is 0 Å². The van der Waals surface area contributed by atoms with Crippen LogP contribution in [0.4, 0.5) is 0 Å². The molecule has 7 nitrogen and oxygen atoms in total. The van der Waals surface area contributed by atoms with Crippen LogP contribution in [0.5, 0.6) is 17.2 Å². The van der Waals surface area contributed by atoms with E-state index in [1.807, 2.05) is 0 Å². The number of nitrogens with zero attached hydrogens (tertiary/aromatic N) is 2. The normalized spacial score (nSPS) is 26.0. The van der Waals surface area contributed by atoms with E-state index in [-0.39, 0.29) is 28.5 Å². The first-order valence-corrected chi connectivity index (χ1v) is 13.7. The minimum absolute atomic E-state index is 0.0166. The predicted molar refractivity (Wildman–Crippen MR) is 126 cm³/mol. The molecule has 33 heavy (non-hydrogen) atoms. The first-order chi connectivity index (χ1) is 15.8. The van der Waals surface area contributed by atoms with Crippen molar-refractivity contribution in [2.24, 2.45) is 0 Å². The molecule has 8 heteroatoms. The average Bonchev–Trinajstić information content (AvgIpc) is 3.50. The molecular weight excluding hydrogens is 440 g/mol. The Morgan fingerprint density at radius 1 is 1.03 bits per heavy atom. The van der Waals surface area contributed by atoms with E-state index in [4.69, 9.17) is 4.74 Å². The van der Waals surface area contributed by atoms with E-state index >= 15 is 0 Å². The number of fused-ring (bicyclic) bond motifs is 1. The fourth-order valence-corrected chi connectivity index (χ4v) is 6.39. The van der Waals surface area contributed by atoms with Crippen LogP contribution < -0.4 is 4.74 Å². The molecule has 178 valence electrons. The molecule has 0 spiro atoms. The van der Waals surface area contributed by atoms with Crippen molar-refractivity contribution in [3.8, 4) is 17.2 Å². The average molecular weight is 473 g/mol. The summed E-state index contributed by atoms with van der Waals surface area (Å²) in [5.41, 5.74) is 1.62. The maximum absolute atomic E-state index is 11.8. The second-order valence-corrected chi connectivity index (χ2v) is 11.6. The number of ether oxygens (including phenoxy) is 1. The summed E-state index contributed by atoms with van der Waals surface area (Å²) in [5, 5.41) is 20.7. The quantitative estimate of drug-likeness (QED) is 0.668. The molecule has 5 rings (SSSR count). The Kier molecular flexibility index (Phi) is 6.01. The van der Waals surface area contributed by atoms with Gasteiger partial charge in [0.15, 0.2) is 9.84 Å². The highest BCUT2D eigenvalue weighted by Crippen LogP contribution is 2.45. The highest BCUT2D eigenvalue weighted by atomic mass is 32.2. The summed E-state index contributed by atoms with van der Waals surface area (Å²) < 4.78 is 30.1. The summed E-state index contributed by atoms with van der Waals surface area (Å²) in [6.45, 7) is 4.36. The van der Waals surface area contributed by atoms with E-state index in [0.717, 1.165) is 50.1 Å². The highest BCUT2D eigenvalue weighted by molar-refractivity contribution is 7.90. The first-order valence-electron chi connectivity index (χ1n) is 11.8. The van der Waals surface area contributed by atoms with Crippen molar-refractivity contribution < 1.29 is 23.4 Å². The van der Waals surface area contributed by atoms with Gasteiger partial charge >= 0.3 is 0 Å². The van der Waals surface area contributed by atoms with Gasteiger partial charge in [0, 0.05) is 36.0 Å². The molecule has 3 atom stereocenters. The van der Waals surface area contributed by atoms with Crippen LogP contribution in [-0.2, 0) is 16.3 Å². The lowest BCUT2D eigenvalue weighted by molar-refractivity contribution is 0.0589. The standard InChI is InChI=1S/C25H32N2O5S/c1-33(30,31)20-8-6-19(7-9-20)32-25-22-13-18(28)14-24(29)21(22)15-23(25)27-12-4-5-17(27)16-26-10-2-3-11-26/h6-9,13-14,17,23,25,28-29H,2-5,10-12,15-16H2,1H3. The van der Waals surface area contributed by atoms with Crippen molar-refractivity contribution in [1.82, 2.24) is 9.80 Å². The molecule has 2 aliphatic heterocycles. The van der Waals surface area contributed by atoms with Crippen LogP contribution in [0.25, 0.3) is 0 Å². The molecule has 3 aliphatic rings. The van der Waals surface area contributed by atoms with Crippen LogP contribution in [0.1, 0.15) is 42.9 Å². The van der Waals surface area contributed by atoms with Crippen molar-refractivity contribution in [3.63, 3.8) is 0 Å². The van der Waals surface area contributed by atoms with Gasteiger partial charge in [-0.3, -0.25) is 4.90 Å². The Hall–Kier alpha value is -2.29. The lowest BCUT2D eigenvalue weighted by Gasteiger charge is -2.36. The fourth-order valence-electron chi connectivity index (χ4n) is 5.76. The molecule has 2 aromatic rings. The zero-order valence-electron chi connectivity index (χ0n) is 19.0. The van der Waals surface area contributed by atoms with Crippen molar-refractivity contribution in [2.45, 2.75) is 55.2 Å². The maximum atomic E-state index is 11.8. The van der Waals surface area contributed by atoms with Crippen LogP contribution in [-0.4, -0.2) is 72.9 Å². The van der Waals surface area contributed by atoms with Gasteiger partial charge in [-0.25, -0.2) is 8.42 Å². The molecule has 1 aliphatic carbocycles. The summed E-state index contributed by atoms with van der Waals surface area (Å²) in [7, 11) is -3.28. The zero-order valence-corrected chi connectivity index (χ0v) is 19.8. The van der Waals surface area contributed by atoms with Gasteiger partial charge in [0.25, 0.3) is 0 Å². The number of hydrogen-bond donors (Lipinski definition) is 2. The van der Waals surface area contributed by atoms with Crippen LogP contribution >= 0.6 is 0 Å². The van der Waals surface area contributed by atoms with Gasteiger partial charge in [-0.2, -0.15) is 0 Å². The summed E-state index contributed by atoms with van der Waals surface area (Å²) in [4.78, 5) is 5.33. The molecule has 2 heterocycles. The van der Waals surface area contributed by atoms with E-state index in [0.29, 0.717) is 18.2 Å². The smallest absolute Gasteiger partial charge is 0.175 e. The monoisotopic (exact) mass is 472 g/mol. The van der Waals surface area contributed by atoms with Gasteiger partial charge in [-0.1, -0.05) is 0 Å². The summed E-state index contributed by atoms with van der Waals surface area (Å²) in [6.07, 6.45) is 6.30. The zero-order chi connectivity index (χ0) is 23.2. The Balaban J connectivity index is 1.44. The van der Waals surface area contributed by atoms with Crippen molar-refractivity contribution in [3.05, 3.63) is 47.5 Å². The number of aromatic hydroxyl groups is 2. The second kappa shape index (κ2) is 8.81.